The number of sulfonamides is 1. The van der Waals surface area contributed by atoms with Gasteiger partial charge in [-0.1, -0.05) is 0 Å². The molecule has 8 heteroatoms. The standard InChI is InChI=1S/C10H11N3O3S2/c11-8-9-10(2-1-3-12-9)18(15,16)13-4-6-17(14)7-5-13/h1-3H,4-7H2. The van der Waals surface area contributed by atoms with E-state index in [4.69, 9.17) is 5.26 Å². The van der Waals surface area contributed by atoms with Crippen LogP contribution in [0.2, 0.25) is 0 Å². The normalized spacial score (nSPS) is 18.4. The van der Waals surface area contributed by atoms with Crippen LogP contribution in [0.5, 0.6) is 0 Å². The maximum absolute atomic E-state index is 12.3. The van der Waals surface area contributed by atoms with Crippen LogP contribution < -0.4 is 0 Å². The van der Waals surface area contributed by atoms with Gasteiger partial charge in [-0.15, -0.1) is 0 Å². The molecule has 0 amide bonds. The molecule has 1 aliphatic rings. The van der Waals surface area contributed by atoms with Crippen molar-refractivity contribution in [3.63, 3.8) is 0 Å². The number of hydrogen-bond donors (Lipinski definition) is 0. The van der Waals surface area contributed by atoms with Crippen LogP contribution in [0.25, 0.3) is 0 Å². The molecule has 0 spiro atoms. The molecule has 1 fully saturated rings. The SMILES string of the molecule is N#Cc1ncccc1S(=O)(=O)N1CCS(=O)CC1. The molecule has 0 aromatic carbocycles. The number of nitriles is 1. The molecule has 6 nitrogen and oxygen atoms in total. The molecule has 0 radical (unpaired) electrons. The van der Waals surface area contributed by atoms with Gasteiger partial charge in [0.1, 0.15) is 11.0 Å². The van der Waals surface area contributed by atoms with Gasteiger partial charge in [-0.05, 0) is 12.1 Å². The van der Waals surface area contributed by atoms with Gasteiger partial charge in [0.25, 0.3) is 0 Å². The smallest absolute Gasteiger partial charge is 0.246 e. The molecule has 0 bridgehead atoms. The van der Waals surface area contributed by atoms with Gasteiger partial charge < -0.3 is 0 Å². The first kappa shape index (κ1) is 13.1. The molecule has 2 rings (SSSR count). The minimum Gasteiger partial charge on any atom is -0.259 e. The van der Waals surface area contributed by atoms with Crippen LogP contribution >= 0.6 is 0 Å². The molecule has 1 aliphatic heterocycles. The largest absolute Gasteiger partial charge is 0.259 e. The van der Waals surface area contributed by atoms with Crippen molar-refractivity contribution < 1.29 is 12.6 Å². The fourth-order valence-corrected chi connectivity index (χ4v) is 4.50. The zero-order chi connectivity index (χ0) is 13.2. The topological polar surface area (TPSA) is 91.1 Å². The van der Waals surface area contributed by atoms with Crippen molar-refractivity contribution in [3.05, 3.63) is 24.0 Å². The van der Waals surface area contributed by atoms with E-state index in [0.29, 0.717) is 11.5 Å². The van der Waals surface area contributed by atoms with Crippen LogP contribution in [0, 0.1) is 11.3 Å². The molecule has 1 aromatic rings. The molecular formula is C10H11N3O3S2. The van der Waals surface area contributed by atoms with Crippen molar-refractivity contribution in [3.8, 4) is 6.07 Å². The van der Waals surface area contributed by atoms with Gasteiger partial charge in [-0.3, -0.25) is 4.21 Å². The molecule has 2 heterocycles. The van der Waals surface area contributed by atoms with Gasteiger partial charge in [0.2, 0.25) is 10.0 Å². The number of rotatable bonds is 2. The van der Waals surface area contributed by atoms with Crippen LogP contribution in [-0.4, -0.2) is 46.5 Å². The minimum absolute atomic E-state index is 0.0832. The van der Waals surface area contributed by atoms with Gasteiger partial charge in [0.05, 0.1) is 0 Å². The Balaban J connectivity index is 2.37. The van der Waals surface area contributed by atoms with Crippen molar-refractivity contribution in [2.24, 2.45) is 0 Å². The van der Waals surface area contributed by atoms with Crippen LogP contribution in [0.1, 0.15) is 5.69 Å². The van der Waals surface area contributed by atoms with Crippen LogP contribution in [0.3, 0.4) is 0 Å². The summed E-state index contributed by atoms with van der Waals surface area (Å²) < 4.78 is 37.1. The van der Waals surface area contributed by atoms with Gasteiger partial charge in [-0.2, -0.15) is 9.57 Å². The Bertz CT molecular complexity index is 612. The Kier molecular flexibility index (Phi) is 3.75. The number of nitrogens with zero attached hydrogens (tertiary/aromatic N) is 3. The quantitative estimate of drug-likeness (QED) is 0.744. The van der Waals surface area contributed by atoms with Crippen LogP contribution in [0.15, 0.2) is 23.2 Å². The summed E-state index contributed by atoms with van der Waals surface area (Å²) in [5.41, 5.74) is -0.107. The Labute approximate surface area is 108 Å². The first-order valence-corrected chi connectivity index (χ1v) is 8.19. The predicted octanol–water partition coefficient (Wildman–Crippen LogP) is -0.294. The Morgan fingerprint density at radius 2 is 2.06 bits per heavy atom. The van der Waals surface area contributed by atoms with E-state index in [9.17, 15) is 12.6 Å². The summed E-state index contributed by atoms with van der Waals surface area (Å²) in [5, 5.41) is 8.88. The zero-order valence-electron chi connectivity index (χ0n) is 9.44. The molecular weight excluding hydrogens is 274 g/mol. The average molecular weight is 285 g/mol. The lowest BCUT2D eigenvalue weighted by atomic mass is 10.4. The third-order valence-corrected chi connectivity index (χ3v) is 5.84. The molecule has 0 aliphatic carbocycles. The van der Waals surface area contributed by atoms with Gasteiger partial charge >= 0.3 is 0 Å². The summed E-state index contributed by atoms with van der Waals surface area (Å²) >= 11 is 0. The molecule has 18 heavy (non-hydrogen) atoms. The highest BCUT2D eigenvalue weighted by molar-refractivity contribution is 7.89. The summed E-state index contributed by atoms with van der Waals surface area (Å²) in [6.07, 6.45) is 1.38. The molecule has 96 valence electrons. The maximum Gasteiger partial charge on any atom is 0.246 e. The summed E-state index contributed by atoms with van der Waals surface area (Å²) in [6.45, 7) is 0.434. The van der Waals surface area contributed by atoms with Crippen molar-refractivity contribution >= 4 is 20.8 Å². The van der Waals surface area contributed by atoms with Gasteiger partial charge in [0, 0.05) is 41.6 Å². The van der Waals surface area contributed by atoms with Gasteiger partial charge in [0.15, 0.2) is 5.69 Å². The molecule has 0 atom stereocenters. The minimum atomic E-state index is -3.71. The summed E-state index contributed by atoms with van der Waals surface area (Å²) in [5.74, 6) is 0.669. The third kappa shape index (κ3) is 2.43. The van der Waals surface area contributed by atoms with E-state index in [1.807, 2.05) is 0 Å². The first-order valence-electron chi connectivity index (χ1n) is 5.26. The van der Waals surface area contributed by atoms with Crippen molar-refractivity contribution in [2.75, 3.05) is 24.6 Å². The summed E-state index contributed by atoms with van der Waals surface area (Å²) in [4.78, 5) is 3.66. The second-order valence-electron chi connectivity index (χ2n) is 3.71. The van der Waals surface area contributed by atoms with Crippen molar-refractivity contribution in [1.82, 2.24) is 9.29 Å². The van der Waals surface area contributed by atoms with Gasteiger partial charge in [-0.25, -0.2) is 13.4 Å². The summed E-state index contributed by atoms with van der Waals surface area (Å²) in [6, 6.07) is 4.62. The molecule has 1 saturated heterocycles. The zero-order valence-corrected chi connectivity index (χ0v) is 11.1. The average Bonchev–Trinajstić information content (AvgIpc) is 2.39. The Morgan fingerprint density at radius 1 is 1.39 bits per heavy atom. The van der Waals surface area contributed by atoms with E-state index < -0.39 is 20.8 Å². The van der Waals surface area contributed by atoms with E-state index in [1.54, 1.807) is 6.07 Å². The number of hydrogen-bond acceptors (Lipinski definition) is 5. The Hall–Kier alpha value is -1.30. The summed E-state index contributed by atoms with van der Waals surface area (Å²) in [7, 11) is -4.66. The lowest BCUT2D eigenvalue weighted by molar-refractivity contribution is 0.438. The lowest BCUT2D eigenvalue weighted by Gasteiger charge is -2.25. The third-order valence-electron chi connectivity index (χ3n) is 2.63. The molecule has 1 aromatic heterocycles. The lowest BCUT2D eigenvalue weighted by Crippen LogP contribution is -2.41. The maximum atomic E-state index is 12.3. The molecule has 0 saturated carbocycles. The fourth-order valence-electron chi connectivity index (χ4n) is 1.68. The Morgan fingerprint density at radius 3 is 2.67 bits per heavy atom. The predicted molar refractivity (Wildman–Crippen MR) is 65.6 cm³/mol. The van der Waals surface area contributed by atoms with E-state index in [1.165, 1.54) is 22.6 Å². The fraction of sp³-hybridized carbons (Fsp3) is 0.400. The van der Waals surface area contributed by atoms with E-state index in [0.717, 1.165) is 0 Å². The van der Waals surface area contributed by atoms with E-state index in [2.05, 4.69) is 4.98 Å². The highest BCUT2D eigenvalue weighted by Crippen LogP contribution is 2.19. The number of aromatic nitrogens is 1. The monoisotopic (exact) mass is 285 g/mol. The second-order valence-corrected chi connectivity index (χ2v) is 7.32. The van der Waals surface area contributed by atoms with Crippen molar-refractivity contribution in [2.45, 2.75) is 4.90 Å². The van der Waals surface area contributed by atoms with Crippen LogP contribution in [0.4, 0.5) is 0 Å². The first-order chi connectivity index (χ1) is 8.55. The van der Waals surface area contributed by atoms with E-state index in [-0.39, 0.29) is 23.7 Å². The van der Waals surface area contributed by atoms with Crippen molar-refractivity contribution in [1.29, 1.82) is 5.26 Å². The molecule has 0 unspecified atom stereocenters. The highest BCUT2D eigenvalue weighted by atomic mass is 32.2. The molecule has 0 N–H and O–H groups in total. The van der Waals surface area contributed by atoms with E-state index >= 15 is 0 Å². The highest BCUT2D eigenvalue weighted by Gasteiger charge is 2.30. The number of pyridine rings is 1. The van der Waals surface area contributed by atoms with Crippen LogP contribution in [-0.2, 0) is 20.8 Å². The second kappa shape index (κ2) is 5.14.